The highest BCUT2D eigenvalue weighted by atomic mass is 35.5. The molecule has 2 unspecified atom stereocenters. The van der Waals surface area contributed by atoms with Gasteiger partial charge in [0.2, 0.25) is 17.7 Å². The first-order valence-corrected chi connectivity index (χ1v) is 12.0. The standard InChI is InChI=1S/C26H25ClN4O8/c27-17-3-1-2-16(10-17)14-4-6-15(7-5-14)19-11-18(39-31-19)8-9-22(32)29-21(13-24(35)36)26(38)30-20(25(28)37)12-23(33)34/h1-7,10-11,20-21H,8-9,12-13H2,(H2,28,37)(H,29,32)(H,30,38)(H,33,34)(H,35,36). The summed E-state index contributed by atoms with van der Waals surface area (Å²) in [5.41, 5.74) is 8.34. The van der Waals surface area contributed by atoms with E-state index in [0.29, 0.717) is 16.5 Å². The Hall–Kier alpha value is -4.71. The number of nitrogens with two attached hydrogens (primary N) is 1. The van der Waals surface area contributed by atoms with Crippen molar-refractivity contribution in [2.24, 2.45) is 5.73 Å². The van der Waals surface area contributed by atoms with Crippen LogP contribution in [-0.4, -0.2) is 57.1 Å². The first-order valence-electron chi connectivity index (χ1n) is 11.7. The fourth-order valence-corrected chi connectivity index (χ4v) is 3.82. The Labute approximate surface area is 227 Å². The van der Waals surface area contributed by atoms with Gasteiger partial charge in [0.1, 0.15) is 23.5 Å². The molecule has 3 rings (SSSR count). The minimum atomic E-state index is -1.57. The Morgan fingerprint density at radius 1 is 0.872 bits per heavy atom. The molecule has 0 radical (unpaired) electrons. The van der Waals surface area contributed by atoms with E-state index in [-0.39, 0.29) is 12.8 Å². The van der Waals surface area contributed by atoms with Crippen LogP contribution in [0.15, 0.2) is 59.1 Å². The second-order valence-electron chi connectivity index (χ2n) is 8.55. The van der Waals surface area contributed by atoms with Gasteiger partial charge in [0.05, 0.1) is 12.8 Å². The fourth-order valence-electron chi connectivity index (χ4n) is 3.63. The van der Waals surface area contributed by atoms with Crippen LogP contribution in [-0.2, 0) is 30.4 Å². The molecule has 1 heterocycles. The summed E-state index contributed by atoms with van der Waals surface area (Å²) < 4.78 is 5.31. The van der Waals surface area contributed by atoms with Crippen LogP contribution in [0.2, 0.25) is 5.02 Å². The lowest BCUT2D eigenvalue weighted by Gasteiger charge is -2.20. The van der Waals surface area contributed by atoms with Gasteiger partial charge >= 0.3 is 11.9 Å². The van der Waals surface area contributed by atoms with E-state index < -0.39 is 54.6 Å². The van der Waals surface area contributed by atoms with E-state index >= 15 is 0 Å². The lowest BCUT2D eigenvalue weighted by Crippen LogP contribution is -2.54. The average Bonchev–Trinajstić information content (AvgIpc) is 3.35. The maximum atomic E-state index is 12.5. The maximum absolute atomic E-state index is 12.5. The molecule has 0 aliphatic carbocycles. The number of hydrogen-bond donors (Lipinski definition) is 5. The summed E-state index contributed by atoms with van der Waals surface area (Å²) in [5, 5.41) is 26.9. The number of carbonyl (C=O) groups is 5. The minimum absolute atomic E-state index is 0.101. The number of nitrogens with zero attached hydrogens (tertiary/aromatic N) is 1. The molecule has 0 saturated carbocycles. The second-order valence-corrected chi connectivity index (χ2v) is 8.98. The Kier molecular flexibility index (Phi) is 9.76. The third kappa shape index (κ3) is 8.68. The molecule has 0 bridgehead atoms. The van der Waals surface area contributed by atoms with Gasteiger partial charge in [-0.3, -0.25) is 24.0 Å². The van der Waals surface area contributed by atoms with E-state index in [1.165, 1.54) is 0 Å². The number of aliphatic carboxylic acids is 2. The van der Waals surface area contributed by atoms with E-state index in [4.69, 9.17) is 32.1 Å². The number of nitrogens with one attached hydrogen (secondary N) is 2. The molecule has 0 saturated heterocycles. The summed E-state index contributed by atoms with van der Waals surface area (Å²) in [5.74, 6) is -5.26. The number of rotatable bonds is 13. The van der Waals surface area contributed by atoms with Gasteiger partial charge < -0.3 is 31.1 Å². The molecule has 3 amide bonds. The summed E-state index contributed by atoms with van der Waals surface area (Å²) in [7, 11) is 0. The third-order valence-electron chi connectivity index (χ3n) is 5.57. The molecular weight excluding hydrogens is 532 g/mol. The SMILES string of the molecule is NC(=O)C(CC(=O)O)NC(=O)C(CC(=O)O)NC(=O)CCc1cc(-c2ccc(-c3cccc(Cl)c3)cc2)no1. The molecule has 1 aromatic heterocycles. The molecule has 0 spiro atoms. The quantitative estimate of drug-likeness (QED) is 0.208. The Balaban J connectivity index is 1.59. The topological polar surface area (TPSA) is 202 Å². The smallest absolute Gasteiger partial charge is 0.305 e. The predicted molar refractivity (Wildman–Crippen MR) is 138 cm³/mol. The molecule has 12 nitrogen and oxygen atoms in total. The van der Waals surface area contributed by atoms with Crippen molar-refractivity contribution in [2.75, 3.05) is 0 Å². The number of aryl methyl sites for hydroxylation is 1. The van der Waals surface area contributed by atoms with Crippen molar-refractivity contribution in [3.05, 3.63) is 65.4 Å². The zero-order valence-electron chi connectivity index (χ0n) is 20.4. The first kappa shape index (κ1) is 28.9. The molecule has 13 heteroatoms. The van der Waals surface area contributed by atoms with Crippen LogP contribution in [0.25, 0.3) is 22.4 Å². The average molecular weight is 557 g/mol. The van der Waals surface area contributed by atoms with Crippen LogP contribution in [0.5, 0.6) is 0 Å². The number of carboxylic acid groups (broad SMARTS) is 2. The molecule has 2 atom stereocenters. The summed E-state index contributed by atoms with van der Waals surface area (Å²) >= 11 is 6.06. The third-order valence-corrected chi connectivity index (χ3v) is 5.80. The van der Waals surface area contributed by atoms with E-state index in [0.717, 1.165) is 16.7 Å². The molecule has 0 fully saturated rings. The van der Waals surface area contributed by atoms with Gasteiger partial charge in [-0.2, -0.15) is 0 Å². The molecular formula is C26H25ClN4O8. The van der Waals surface area contributed by atoms with E-state index in [1.807, 2.05) is 42.5 Å². The van der Waals surface area contributed by atoms with Crippen molar-refractivity contribution in [3.8, 4) is 22.4 Å². The number of primary amides is 1. The van der Waals surface area contributed by atoms with Gasteiger partial charge in [-0.05, 0) is 23.3 Å². The number of aromatic nitrogens is 1. The largest absolute Gasteiger partial charge is 0.481 e. The second kappa shape index (κ2) is 13.2. The Bertz CT molecular complexity index is 1370. The first-order chi connectivity index (χ1) is 18.5. The van der Waals surface area contributed by atoms with Crippen LogP contribution in [0.4, 0.5) is 0 Å². The molecule has 3 aromatic rings. The summed E-state index contributed by atoms with van der Waals surface area (Å²) in [6.07, 6.45) is -1.66. The van der Waals surface area contributed by atoms with Gasteiger partial charge in [-0.1, -0.05) is 53.2 Å². The van der Waals surface area contributed by atoms with Gasteiger partial charge in [-0.15, -0.1) is 0 Å². The number of carbonyl (C=O) groups excluding carboxylic acids is 3. The van der Waals surface area contributed by atoms with E-state index in [9.17, 15) is 24.0 Å². The van der Waals surface area contributed by atoms with E-state index in [2.05, 4.69) is 15.8 Å². The van der Waals surface area contributed by atoms with Gasteiger partial charge in [-0.25, -0.2) is 0 Å². The number of hydrogen-bond acceptors (Lipinski definition) is 7. The molecule has 204 valence electrons. The monoisotopic (exact) mass is 556 g/mol. The molecule has 6 N–H and O–H groups in total. The normalized spacial score (nSPS) is 12.2. The van der Waals surface area contributed by atoms with Crippen LogP contribution in [0.1, 0.15) is 25.0 Å². The van der Waals surface area contributed by atoms with Crippen molar-refractivity contribution < 1.29 is 38.7 Å². The highest BCUT2D eigenvalue weighted by molar-refractivity contribution is 6.30. The minimum Gasteiger partial charge on any atom is -0.481 e. The van der Waals surface area contributed by atoms with Gasteiger partial charge in [0, 0.05) is 29.5 Å². The number of amides is 3. The van der Waals surface area contributed by atoms with Crippen LogP contribution < -0.4 is 16.4 Å². The summed E-state index contributed by atoms with van der Waals surface area (Å²) in [6.45, 7) is 0. The van der Waals surface area contributed by atoms with Crippen LogP contribution >= 0.6 is 11.6 Å². The lowest BCUT2D eigenvalue weighted by atomic mass is 10.0. The molecule has 2 aromatic carbocycles. The Morgan fingerprint density at radius 3 is 2.13 bits per heavy atom. The zero-order chi connectivity index (χ0) is 28.5. The van der Waals surface area contributed by atoms with Crippen molar-refractivity contribution in [2.45, 2.75) is 37.8 Å². The van der Waals surface area contributed by atoms with Gasteiger partial charge in [0.25, 0.3) is 0 Å². The number of benzene rings is 2. The van der Waals surface area contributed by atoms with Crippen molar-refractivity contribution in [1.29, 1.82) is 0 Å². The zero-order valence-corrected chi connectivity index (χ0v) is 21.2. The molecule has 0 aliphatic rings. The summed E-state index contributed by atoms with van der Waals surface area (Å²) in [6, 6.07) is 13.5. The highest BCUT2D eigenvalue weighted by Crippen LogP contribution is 2.26. The summed E-state index contributed by atoms with van der Waals surface area (Å²) in [4.78, 5) is 58.4. The van der Waals surface area contributed by atoms with Gasteiger partial charge in [0.15, 0.2) is 0 Å². The number of halogens is 1. The van der Waals surface area contributed by atoms with Crippen molar-refractivity contribution in [3.63, 3.8) is 0 Å². The van der Waals surface area contributed by atoms with Crippen LogP contribution in [0, 0.1) is 0 Å². The van der Waals surface area contributed by atoms with Crippen molar-refractivity contribution >= 4 is 41.3 Å². The highest BCUT2D eigenvalue weighted by Gasteiger charge is 2.28. The predicted octanol–water partition coefficient (Wildman–Crippen LogP) is 2.00. The van der Waals surface area contributed by atoms with E-state index in [1.54, 1.807) is 12.1 Å². The molecule has 0 aliphatic heterocycles. The van der Waals surface area contributed by atoms with Crippen LogP contribution in [0.3, 0.4) is 0 Å². The maximum Gasteiger partial charge on any atom is 0.305 e. The fraction of sp³-hybridized carbons (Fsp3) is 0.231. The Morgan fingerprint density at radius 2 is 1.51 bits per heavy atom. The van der Waals surface area contributed by atoms with Crippen molar-refractivity contribution in [1.82, 2.24) is 15.8 Å². The molecule has 39 heavy (non-hydrogen) atoms. The number of carboxylic acids is 2. The lowest BCUT2D eigenvalue weighted by molar-refractivity contribution is -0.142.